The second-order valence-electron chi connectivity index (χ2n) is 5.71. The Kier molecular flexibility index (Phi) is 2.09. The summed E-state index contributed by atoms with van der Waals surface area (Å²) in [5.74, 6) is 1.50. The summed E-state index contributed by atoms with van der Waals surface area (Å²) in [5.41, 5.74) is 0.927. The van der Waals surface area contributed by atoms with E-state index in [0.29, 0.717) is 24.3 Å². The Bertz CT molecular complexity index is 449. The highest BCUT2D eigenvalue weighted by molar-refractivity contribution is 5.94. The highest BCUT2D eigenvalue weighted by Gasteiger charge is 2.58. The smallest absolute Gasteiger partial charge is 0.319 e. The van der Waals surface area contributed by atoms with Crippen molar-refractivity contribution >= 4 is 11.8 Å². The highest BCUT2D eigenvalue weighted by Crippen LogP contribution is 2.47. The zero-order valence-corrected chi connectivity index (χ0v) is 10.3. The van der Waals surface area contributed by atoms with Crippen molar-refractivity contribution in [3.63, 3.8) is 0 Å². The number of hydrogen-bond donors (Lipinski definition) is 1. The normalized spacial score (nSPS) is 38.4. The Morgan fingerprint density at radius 1 is 1.11 bits per heavy atom. The van der Waals surface area contributed by atoms with Crippen molar-refractivity contribution in [3.05, 3.63) is 11.8 Å². The standard InChI is InChI=1S/C13H17N3O2/c17-9-2-1-8(5-9)15-3-4-16(13(15)18)12-10-6-14-7-11(10)12/h5,10-12,14H,1-4,6-7H2. The SMILES string of the molecule is O=C1C=C(N2CCN(C3C4CNCC43)C2=O)CC1. The third-order valence-corrected chi connectivity index (χ3v) is 4.75. The first kappa shape index (κ1) is 10.6. The molecule has 0 aromatic heterocycles. The third kappa shape index (κ3) is 1.37. The lowest BCUT2D eigenvalue weighted by molar-refractivity contribution is -0.114. The van der Waals surface area contributed by atoms with E-state index in [4.69, 9.17) is 0 Å². The van der Waals surface area contributed by atoms with E-state index in [1.54, 1.807) is 6.08 Å². The van der Waals surface area contributed by atoms with Gasteiger partial charge in [-0.2, -0.15) is 0 Å². The average molecular weight is 247 g/mol. The van der Waals surface area contributed by atoms with E-state index in [1.807, 2.05) is 9.80 Å². The molecule has 1 saturated carbocycles. The summed E-state index contributed by atoms with van der Waals surface area (Å²) in [4.78, 5) is 27.5. The van der Waals surface area contributed by atoms with Gasteiger partial charge >= 0.3 is 6.03 Å². The Hall–Kier alpha value is -1.36. The maximum absolute atomic E-state index is 12.4. The van der Waals surface area contributed by atoms with Crippen LogP contribution in [0.4, 0.5) is 4.79 Å². The fourth-order valence-electron chi connectivity index (χ4n) is 3.74. The molecule has 5 heteroatoms. The van der Waals surface area contributed by atoms with E-state index in [1.165, 1.54) is 0 Å². The summed E-state index contributed by atoms with van der Waals surface area (Å²) in [6, 6.07) is 0.580. The van der Waals surface area contributed by atoms with Crippen LogP contribution < -0.4 is 5.32 Å². The van der Waals surface area contributed by atoms with Crippen molar-refractivity contribution in [2.24, 2.45) is 11.8 Å². The topological polar surface area (TPSA) is 52.7 Å². The molecule has 18 heavy (non-hydrogen) atoms. The number of nitrogens with one attached hydrogen (secondary N) is 1. The number of hydrogen-bond acceptors (Lipinski definition) is 3. The van der Waals surface area contributed by atoms with Crippen LogP contribution in [0, 0.1) is 11.8 Å². The maximum atomic E-state index is 12.4. The van der Waals surface area contributed by atoms with Gasteiger partial charge in [0.25, 0.3) is 0 Å². The molecular weight excluding hydrogens is 230 g/mol. The molecule has 0 radical (unpaired) electrons. The van der Waals surface area contributed by atoms with Gasteiger partial charge in [-0.3, -0.25) is 9.69 Å². The number of urea groups is 1. The fraction of sp³-hybridized carbons (Fsp3) is 0.692. The summed E-state index contributed by atoms with van der Waals surface area (Å²) in [5, 5.41) is 3.35. The quantitative estimate of drug-likeness (QED) is 0.758. The first-order valence-corrected chi connectivity index (χ1v) is 6.78. The molecule has 96 valence electrons. The Morgan fingerprint density at radius 3 is 2.56 bits per heavy atom. The second-order valence-corrected chi connectivity index (χ2v) is 5.71. The van der Waals surface area contributed by atoms with E-state index in [-0.39, 0.29) is 11.8 Å². The zero-order valence-electron chi connectivity index (χ0n) is 10.3. The van der Waals surface area contributed by atoms with E-state index in [9.17, 15) is 9.59 Å². The molecule has 0 bridgehead atoms. The first-order chi connectivity index (χ1) is 8.75. The molecule has 2 amide bonds. The van der Waals surface area contributed by atoms with Crippen molar-refractivity contribution in [1.29, 1.82) is 0 Å². The summed E-state index contributed by atoms with van der Waals surface area (Å²) in [6.45, 7) is 3.68. The fourth-order valence-corrected chi connectivity index (χ4v) is 3.74. The number of carbonyl (C=O) groups is 2. The molecular formula is C13H17N3O2. The third-order valence-electron chi connectivity index (χ3n) is 4.75. The number of fused-ring (bicyclic) bond motifs is 1. The monoisotopic (exact) mass is 247 g/mol. The van der Waals surface area contributed by atoms with Crippen LogP contribution in [0.3, 0.4) is 0 Å². The Labute approximate surface area is 106 Å². The Morgan fingerprint density at radius 2 is 1.89 bits per heavy atom. The number of nitrogens with zero attached hydrogens (tertiary/aromatic N) is 2. The van der Waals surface area contributed by atoms with E-state index in [2.05, 4.69) is 5.32 Å². The van der Waals surface area contributed by atoms with Crippen molar-refractivity contribution < 1.29 is 9.59 Å². The van der Waals surface area contributed by atoms with E-state index < -0.39 is 0 Å². The molecule has 0 aromatic carbocycles. The van der Waals surface area contributed by atoms with Gasteiger partial charge in [-0.25, -0.2) is 4.79 Å². The lowest BCUT2D eigenvalue weighted by atomic mass is 10.3. The number of carbonyl (C=O) groups excluding carboxylic acids is 2. The molecule has 1 N–H and O–H groups in total. The molecule has 2 aliphatic heterocycles. The van der Waals surface area contributed by atoms with Crippen LogP contribution in [0.5, 0.6) is 0 Å². The molecule has 4 aliphatic rings. The van der Waals surface area contributed by atoms with Gasteiger partial charge in [-0.1, -0.05) is 0 Å². The van der Waals surface area contributed by atoms with Crippen LogP contribution in [0.15, 0.2) is 11.8 Å². The lowest BCUT2D eigenvalue weighted by Gasteiger charge is -2.20. The maximum Gasteiger partial charge on any atom is 0.324 e. The summed E-state index contributed by atoms with van der Waals surface area (Å²) >= 11 is 0. The van der Waals surface area contributed by atoms with Crippen LogP contribution in [0.1, 0.15) is 12.8 Å². The minimum absolute atomic E-state index is 0.121. The summed E-state index contributed by atoms with van der Waals surface area (Å²) in [7, 11) is 0. The number of amides is 2. The molecule has 2 aliphatic carbocycles. The van der Waals surface area contributed by atoms with Gasteiger partial charge in [0.1, 0.15) is 0 Å². The zero-order chi connectivity index (χ0) is 12.3. The van der Waals surface area contributed by atoms with Crippen LogP contribution >= 0.6 is 0 Å². The van der Waals surface area contributed by atoms with E-state index >= 15 is 0 Å². The van der Waals surface area contributed by atoms with Gasteiger partial charge in [0.15, 0.2) is 5.78 Å². The Balaban J connectivity index is 1.48. The minimum atomic E-state index is 0.121. The van der Waals surface area contributed by atoms with Crippen LogP contribution in [-0.2, 0) is 4.79 Å². The molecule has 5 nitrogen and oxygen atoms in total. The predicted molar refractivity (Wildman–Crippen MR) is 64.8 cm³/mol. The lowest BCUT2D eigenvalue weighted by Crippen LogP contribution is -2.36. The molecule has 2 atom stereocenters. The van der Waals surface area contributed by atoms with Crippen LogP contribution in [0.25, 0.3) is 0 Å². The number of ketones is 1. The van der Waals surface area contributed by atoms with Gasteiger partial charge in [0.05, 0.1) is 0 Å². The molecule has 0 aromatic rings. The molecule has 4 rings (SSSR count). The molecule has 3 fully saturated rings. The first-order valence-electron chi connectivity index (χ1n) is 6.78. The average Bonchev–Trinajstić information content (AvgIpc) is 2.84. The number of piperidine rings is 1. The van der Waals surface area contributed by atoms with Crippen molar-refractivity contribution in [2.45, 2.75) is 18.9 Å². The van der Waals surface area contributed by atoms with Gasteiger partial charge in [-0.15, -0.1) is 0 Å². The number of allylic oxidation sites excluding steroid dienone is 2. The largest absolute Gasteiger partial charge is 0.324 e. The van der Waals surface area contributed by atoms with Gasteiger partial charge in [0.2, 0.25) is 0 Å². The van der Waals surface area contributed by atoms with Gasteiger partial charge in [0, 0.05) is 50.4 Å². The van der Waals surface area contributed by atoms with Gasteiger partial charge in [-0.05, 0) is 18.3 Å². The molecule has 0 spiro atoms. The van der Waals surface area contributed by atoms with Gasteiger partial charge < -0.3 is 10.2 Å². The van der Waals surface area contributed by atoms with Crippen molar-refractivity contribution in [3.8, 4) is 0 Å². The van der Waals surface area contributed by atoms with Crippen LogP contribution in [-0.4, -0.2) is 53.8 Å². The highest BCUT2D eigenvalue weighted by atomic mass is 16.2. The molecule has 2 saturated heterocycles. The molecule has 2 heterocycles. The van der Waals surface area contributed by atoms with Crippen molar-refractivity contribution in [2.75, 3.05) is 26.2 Å². The minimum Gasteiger partial charge on any atom is -0.319 e. The van der Waals surface area contributed by atoms with Crippen molar-refractivity contribution in [1.82, 2.24) is 15.1 Å². The van der Waals surface area contributed by atoms with Crippen LogP contribution in [0.2, 0.25) is 0 Å². The summed E-state index contributed by atoms with van der Waals surface area (Å²) in [6.07, 6.45) is 2.95. The number of rotatable bonds is 2. The summed E-state index contributed by atoms with van der Waals surface area (Å²) < 4.78 is 0. The second kappa shape index (κ2) is 3.57. The van der Waals surface area contributed by atoms with E-state index in [0.717, 1.165) is 38.3 Å². The molecule has 2 unspecified atom stereocenters. The predicted octanol–water partition coefficient (Wildman–Crippen LogP) is 0.189.